The number of imide groups is 2. The van der Waals surface area contributed by atoms with E-state index in [9.17, 15) is 19.2 Å². The number of rotatable bonds is 9. The molecule has 9 heteroatoms. The molecular formula is C18H23N3O6. The number of benzene rings is 1. The molecule has 27 heavy (non-hydrogen) atoms. The van der Waals surface area contributed by atoms with Crippen molar-refractivity contribution in [1.82, 2.24) is 15.1 Å². The third kappa shape index (κ3) is 4.75. The first-order chi connectivity index (χ1) is 12.9. The molecule has 1 aliphatic heterocycles. The summed E-state index contributed by atoms with van der Waals surface area (Å²) in [5, 5.41) is 2.63. The van der Waals surface area contributed by atoms with Crippen molar-refractivity contribution in [2.24, 2.45) is 0 Å². The molecule has 0 atom stereocenters. The first kappa shape index (κ1) is 20.2. The number of nitrogens with one attached hydrogen (secondary N) is 1. The number of nitrogens with zero attached hydrogens (tertiary/aromatic N) is 2. The second-order valence-electron chi connectivity index (χ2n) is 5.79. The lowest BCUT2D eigenvalue weighted by Crippen LogP contribution is -2.41. The SMILES string of the molecule is CCOc1ccc(CCNC(=O)CN2C(=O)C(=O)N(C)C2=O)cc1OCC. The first-order valence-corrected chi connectivity index (χ1v) is 8.67. The summed E-state index contributed by atoms with van der Waals surface area (Å²) in [7, 11) is 1.20. The van der Waals surface area contributed by atoms with Crippen molar-refractivity contribution >= 4 is 23.8 Å². The van der Waals surface area contributed by atoms with Crippen LogP contribution in [0.5, 0.6) is 11.5 Å². The van der Waals surface area contributed by atoms with Crippen LogP contribution >= 0.6 is 0 Å². The Hall–Kier alpha value is -3.10. The Morgan fingerprint density at radius 1 is 1.04 bits per heavy atom. The van der Waals surface area contributed by atoms with Crippen molar-refractivity contribution in [1.29, 1.82) is 0 Å². The summed E-state index contributed by atoms with van der Waals surface area (Å²) in [5.74, 6) is -1.16. The molecule has 1 heterocycles. The summed E-state index contributed by atoms with van der Waals surface area (Å²) >= 11 is 0. The molecule has 2 rings (SSSR count). The van der Waals surface area contributed by atoms with Crippen LogP contribution in [-0.4, -0.2) is 66.9 Å². The Bertz CT molecular complexity index is 749. The van der Waals surface area contributed by atoms with E-state index in [1.807, 2.05) is 32.0 Å². The zero-order valence-electron chi connectivity index (χ0n) is 15.6. The van der Waals surface area contributed by atoms with Crippen LogP contribution in [0.2, 0.25) is 0 Å². The maximum atomic E-state index is 12.0. The van der Waals surface area contributed by atoms with Crippen LogP contribution in [0.1, 0.15) is 19.4 Å². The maximum Gasteiger partial charge on any atom is 0.334 e. The lowest BCUT2D eigenvalue weighted by atomic mass is 10.1. The number of carbonyl (C=O) groups is 4. The summed E-state index contributed by atoms with van der Waals surface area (Å²) in [5.41, 5.74) is 0.936. The predicted molar refractivity (Wildman–Crippen MR) is 95.4 cm³/mol. The molecule has 0 spiro atoms. The Labute approximate surface area is 157 Å². The molecule has 0 aromatic heterocycles. The Kier molecular flexibility index (Phi) is 6.75. The van der Waals surface area contributed by atoms with Crippen molar-refractivity contribution in [3.63, 3.8) is 0 Å². The molecule has 1 saturated heterocycles. The molecule has 0 radical (unpaired) electrons. The highest BCUT2D eigenvalue weighted by atomic mass is 16.5. The van der Waals surface area contributed by atoms with Crippen LogP contribution in [0.25, 0.3) is 0 Å². The molecule has 1 fully saturated rings. The zero-order chi connectivity index (χ0) is 20.0. The van der Waals surface area contributed by atoms with E-state index in [0.717, 1.165) is 5.56 Å². The van der Waals surface area contributed by atoms with Gasteiger partial charge >= 0.3 is 17.8 Å². The van der Waals surface area contributed by atoms with Gasteiger partial charge in [-0.05, 0) is 38.0 Å². The topological polar surface area (TPSA) is 105 Å². The van der Waals surface area contributed by atoms with E-state index in [0.29, 0.717) is 47.5 Å². The first-order valence-electron chi connectivity index (χ1n) is 8.67. The summed E-state index contributed by atoms with van der Waals surface area (Å²) < 4.78 is 11.1. The number of hydrogen-bond donors (Lipinski definition) is 1. The standard InChI is InChI=1S/C18H23N3O6/c1-4-26-13-7-6-12(10-14(13)27-5-2)8-9-19-15(22)11-21-17(24)16(23)20(3)18(21)25/h6-7,10H,4-5,8-9,11H2,1-3H3,(H,19,22). The third-order valence-corrected chi connectivity index (χ3v) is 3.90. The maximum absolute atomic E-state index is 12.0. The van der Waals surface area contributed by atoms with E-state index in [1.165, 1.54) is 7.05 Å². The third-order valence-electron chi connectivity index (χ3n) is 3.90. The van der Waals surface area contributed by atoms with Crippen molar-refractivity contribution in [2.45, 2.75) is 20.3 Å². The van der Waals surface area contributed by atoms with Gasteiger partial charge in [-0.15, -0.1) is 0 Å². The van der Waals surface area contributed by atoms with Gasteiger partial charge in [-0.2, -0.15) is 0 Å². The lowest BCUT2D eigenvalue weighted by molar-refractivity contribution is -0.143. The van der Waals surface area contributed by atoms with Crippen LogP contribution in [0.4, 0.5) is 4.79 Å². The molecule has 0 unspecified atom stereocenters. The Morgan fingerprint density at radius 3 is 2.30 bits per heavy atom. The molecule has 1 aromatic carbocycles. The monoisotopic (exact) mass is 377 g/mol. The summed E-state index contributed by atoms with van der Waals surface area (Å²) in [6, 6.07) is 4.74. The van der Waals surface area contributed by atoms with Crippen LogP contribution in [0.15, 0.2) is 18.2 Å². The fourth-order valence-corrected chi connectivity index (χ4v) is 2.55. The van der Waals surface area contributed by atoms with Gasteiger partial charge in [-0.3, -0.25) is 19.3 Å². The second kappa shape index (κ2) is 9.02. The fraction of sp³-hybridized carbons (Fsp3) is 0.444. The van der Waals surface area contributed by atoms with E-state index in [-0.39, 0.29) is 0 Å². The van der Waals surface area contributed by atoms with E-state index in [1.54, 1.807) is 0 Å². The molecule has 0 aliphatic carbocycles. The second-order valence-corrected chi connectivity index (χ2v) is 5.79. The van der Waals surface area contributed by atoms with Gasteiger partial charge in [0, 0.05) is 13.6 Å². The normalized spacial score (nSPS) is 14.0. The van der Waals surface area contributed by atoms with Gasteiger partial charge in [0.15, 0.2) is 11.5 Å². The van der Waals surface area contributed by atoms with Gasteiger partial charge in [0.2, 0.25) is 5.91 Å². The summed E-state index contributed by atoms with van der Waals surface area (Å²) in [6.07, 6.45) is 0.527. The Morgan fingerprint density at radius 2 is 1.70 bits per heavy atom. The minimum absolute atomic E-state index is 0.304. The number of urea groups is 1. The zero-order valence-corrected chi connectivity index (χ0v) is 15.6. The molecule has 0 bridgehead atoms. The van der Waals surface area contributed by atoms with Crippen LogP contribution in [0, 0.1) is 0 Å². The van der Waals surface area contributed by atoms with Gasteiger partial charge in [0.05, 0.1) is 13.2 Å². The summed E-state index contributed by atoms with van der Waals surface area (Å²) in [6.45, 7) is 4.62. The molecule has 146 valence electrons. The van der Waals surface area contributed by atoms with Crippen molar-refractivity contribution < 1.29 is 28.7 Å². The van der Waals surface area contributed by atoms with Crippen LogP contribution < -0.4 is 14.8 Å². The van der Waals surface area contributed by atoms with E-state index in [2.05, 4.69) is 5.32 Å². The molecule has 0 saturated carbocycles. The van der Waals surface area contributed by atoms with Crippen molar-refractivity contribution in [3.8, 4) is 11.5 Å². The van der Waals surface area contributed by atoms with Crippen molar-refractivity contribution in [3.05, 3.63) is 23.8 Å². The van der Waals surface area contributed by atoms with Crippen LogP contribution in [0.3, 0.4) is 0 Å². The number of hydrogen-bond acceptors (Lipinski definition) is 6. The van der Waals surface area contributed by atoms with E-state index >= 15 is 0 Å². The van der Waals surface area contributed by atoms with Crippen LogP contribution in [-0.2, 0) is 20.8 Å². The summed E-state index contributed by atoms with van der Waals surface area (Å²) in [4.78, 5) is 48.1. The lowest BCUT2D eigenvalue weighted by Gasteiger charge is -2.14. The van der Waals surface area contributed by atoms with Gasteiger partial charge in [0.25, 0.3) is 0 Å². The van der Waals surface area contributed by atoms with Gasteiger partial charge in [-0.1, -0.05) is 6.07 Å². The van der Waals surface area contributed by atoms with Gasteiger partial charge in [-0.25, -0.2) is 9.69 Å². The van der Waals surface area contributed by atoms with Gasteiger partial charge < -0.3 is 14.8 Å². The average Bonchev–Trinajstić information content (AvgIpc) is 2.82. The Balaban J connectivity index is 1.88. The van der Waals surface area contributed by atoms with Crippen molar-refractivity contribution in [2.75, 3.05) is 33.4 Å². The predicted octanol–water partition coefficient (Wildman–Crippen LogP) is 0.563. The highest BCUT2D eigenvalue weighted by Gasteiger charge is 2.42. The number of amides is 5. The highest BCUT2D eigenvalue weighted by Crippen LogP contribution is 2.28. The number of ether oxygens (including phenoxy) is 2. The largest absolute Gasteiger partial charge is 0.490 e. The smallest absolute Gasteiger partial charge is 0.334 e. The van der Waals surface area contributed by atoms with E-state index in [4.69, 9.17) is 9.47 Å². The average molecular weight is 377 g/mol. The molecule has 1 aliphatic rings. The molecule has 5 amide bonds. The number of carbonyl (C=O) groups excluding carboxylic acids is 4. The fourth-order valence-electron chi connectivity index (χ4n) is 2.55. The minimum Gasteiger partial charge on any atom is -0.490 e. The molecule has 1 N–H and O–H groups in total. The minimum atomic E-state index is -0.995. The molecule has 9 nitrogen and oxygen atoms in total. The van der Waals surface area contributed by atoms with E-state index < -0.39 is 30.3 Å². The highest BCUT2D eigenvalue weighted by molar-refractivity contribution is 6.44. The number of likely N-dealkylation sites (N-methyl/N-ethyl adjacent to an activating group) is 1. The quantitative estimate of drug-likeness (QED) is 0.498. The van der Waals surface area contributed by atoms with Gasteiger partial charge in [0.1, 0.15) is 6.54 Å². The molecule has 1 aromatic rings. The molecular weight excluding hydrogens is 354 g/mol.